The van der Waals surface area contributed by atoms with E-state index in [9.17, 15) is 19.5 Å². The standard InChI is InChI=1S/C33H43N3O5/c1-21(32(39)34-28-17-23-11-12-24(28)15-23)14-30(37)29(16-22-8-4-3-5-9-22)35-33(40)25-18-26(20-27(19-25)41-2)36-13-7-6-10-31(36)38/h3-5,8-9,18-21,23-24,28-30,37H,6-7,10-17H2,1-2H3,(H,34,39)(H,35,40)/t21-,23?,24?,28?,29+,30+/m1/s1. The van der Waals surface area contributed by atoms with Crippen LogP contribution in [0.25, 0.3) is 0 Å². The number of aliphatic hydroxyl groups is 1. The van der Waals surface area contributed by atoms with E-state index in [1.54, 1.807) is 23.1 Å². The third-order valence-corrected chi connectivity index (χ3v) is 9.21. The molecule has 2 aromatic rings. The van der Waals surface area contributed by atoms with Crippen LogP contribution in [0, 0.1) is 17.8 Å². The number of hydrogen-bond donors (Lipinski definition) is 3. The van der Waals surface area contributed by atoms with Gasteiger partial charge in [0.2, 0.25) is 11.8 Å². The SMILES string of the molecule is COc1cc(C(=O)N[C@@H](Cc2ccccc2)[C@@H](O)C[C@@H](C)C(=O)NC2CC3CCC2C3)cc(N2CCCCC2=O)c1. The summed E-state index contributed by atoms with van der Waals surface area (Å²) in [5.74, 6) is 1.04. The second kappa shape index (κ2) is 13.1. The molecule has 2 saturated carbocycles. The Morgan fingerprint density at radius 1 is 1.10 bits per heavy atom. The lowest BCUT2D eigenvalue weighted by Gasteiger charge is -2.29. The lowest BCUT2D eigenvalue weighted by atomic mass is 9.91. The predicted octanol–water partition coefficient (Wildman–Crippen LogP) is 4.25. The number of fused-ring (bicyclic) bond motifs is 2. The molecule has 1 aliphatic heterocycles. The van der Waals surface area contributed by atoms with Gasteiger partial charge in [-0.05, 0) is 74.5 Å². The van der Waals surface area contributed by atoms with Gasteiger partial charge in [0, 0.05) is 42.2 Å². The minimum absolute atomic E-state index is 0.0324. The van der Waals surface area contributed by atoms with Crippen molar-refractivity contribution in [2.24, 2.45) is 17.8 Å². The fourth-order valence-electron chi connectivity index (χ4n) is 6.85. The van der Waals surface area contributed by atoms with Crippen LogP contribution in [0.5, 0.6) is 5.75 Å². The molecule has 2 aliphatic carbocycles. The van der Waals surface area contributed by atoms with E-state index in [1.165, 1.54) is 26.4 Å². The maximum absolute atomic E-state index is 13.6. The van der Waals surface area contributed by atoms with Crippen LogP contribution < -0.4 is 20.3 Å². The molecule has 3 fully saturated rings. The molecule has 3 aliphatic rings. The largest absolute Gasteiger partial charge is 0.497 e. The zero-order valence-corrected chi connectivity index (χ0v) is 24.2. The number of carbonyl (C=O) groups excluding carboxylic acids is 3. The first-order chi connectivity index (χ1) is 19.8. The molecule has 3 unspecified atom stereocenters. The Balaban J connectivity index is 1.29. The van der Waals surface area contributed by atoms with Gasteiger partial charge in [0.1, 0.15) is 5.75 Å². The molecule has 6 atom stereocenters. The van der Waals surface area contributed by atoms with E-state index in [2.05, 4.69) is 10.6 Å². The minimum atomic E-state index is -0.936. The Bertz CT molecular complexity index is 1230. The smallest absolute Gasteiger partial charge is 0.251 e. The molecule has 3 N–H and O–H groups in total. The first kappa shape index (κ1) is 29.1. The maximum Gasteiger partial charge on any atom is 0.251 e. The molecular formula is C33H43N3O5. The van der Waals surface area contributed by atoms with Gasteiger partial charge in [-0.25, -0.2) is 0 Å². The van der Waals surface area contributed by atoms with E-state index in [4.69, 9.17) is 4.74 Å². The molecule has 8 nitrogen and oxygen atoms in total. The lowest BCUT2D eigenvalue weighted by molar-refractivity contribution is -0.126. The quantitative estimate of drug-likeness (QED) is 0.380. The Labute approximate surface area is 242 Å². The van der Waals surface area contributed by atoms with Crippen LogP contribution >= 0.6 is 0 Å². The number of aliphatic hydroxyl groups excluding tert-OH is 1. The number of anilines is 1. The summed E-state index contributed by atoms with van der Waals surface area (Å²) >= 11 is 0. The van der Waals surface area contributed by atoms with Crippen molar-refractivity contribution in [3.63, 3.8) is 0 Å². The van der Waals surface area contributed by atoms with Crippen molar-refractivity contribution in [3.8, 4) is 5.75 Å². The number of nitrogens with one attached hydrogen (secondary N) is 2. The van der Waals surface area contributed by atoms with Gasteiger partial charge in [0.25, 0.3) is 5.91 Å². The van der Waals surface area contributed by atoms with Gasteiger partial charge < -0.3 is 25.4 Å². The summed E-state index contributed by atoms with van der Waals surface area (Å²) in [6.45, 7) is 2.45. The number of nitrogens with zero attached hydrogens (tertiary/aromatic N) is 1. The van der Waals surface area contributed by atoms with Crippen molar-refractivity contribution < 1.29 is 24.2 Å². The first-order valence-corrected chi connectivity index (χ1v) is 15.1. The predicted molar refractivity (Wildman–Crippen MR) is 158 cm³/mol. The molecule has 2 bridgehead atoms. The summed E-state index contributed by atoms with van der Waals surface area (Å²) in [6.07, 6.45) is 6.70. The minimum Gasteiger partial charge on any atom is -0.497 e. The van der Waals surface area contributed by atoms with Crippen LogP contribution in [0.4, 0.5) is 5.69 Å². The number of carbonyl (C=O) groups is 3. The third-order valence-electron chi connectivity index (χ3n) is 9.21. The third kappa shape index (κ3) is 7.10. The molecule has 5 rings (SSSR count). The van der Waals surface area contributed by atoms with Gasteiger partial charge in [-0.1, -0.05) is 43.7 Å². The lowest BCUT2D eigenvalue weighted by Crippen LogP contribution is -2.47. The molecular weight excluding hydrogens is 518 g/mol. The van der Waals surface area contributed by atoms with Crippen LogP contribution in [-0.4, -0.2) is 54.7 Å². The van der Waals surface area contributed by atoms with Crippen molar-refractivity contribution in [1.29, 1.82) is 0 Å². The number of hydrogen-bond acceptors (Lipinski definition) is 5. The van der Waals surface area contributed by atoms with E-state index < -0.39 is 18.1 Å². The summed E-state index contributed by atoms with van der Waals surface area (Å²) in [6, 6.07) is 14.5. The molecule has 2 aromatic carbocycles. The highest BCUT2D eigenvalue weighted by molar-refractivity contribution is 5.99. The fraction of sp³-hybridized carbons (Fsp3) is 0.545. The number of piperidine rings is 1. The first-order valence-electron chi connectivity index (χ1n) is 15.1. The van der Waals surface area contributed by atoms with Gasteiger partial charge >= 0.3 is 0 Å². The normalized spacial score (nSPS) is 24.0. The van der Waals surface area contributed by atoms with E-state index in [1.807, 2.05) is 37.3 Å². The van der Waals surface area contributed by atoms with Gasteiger partial charge in [-0.15, -0.1) is 0 Å². The molecule has 0 aromatic heterocycles. The zero-order valence-electron chi connectivity index (χ0n) is 24.2. The average Bonchev–Trinajstić information content (AvgIpc) is 3.61. The molecule has 3 amide bonds. The van der Waals surface area contributed by atoms with Crippen LogP contribution in [0.1, 0.15) is 74.2 Å². The van der Waals surface area contributed by atoms with E-state index in [0.29, 0.717) is 42.3 Å². The van der Waals surface area contributed by atoms with Crippen molar-refractivity contribution in [2.45, 2.75) is 82.9 Å². The number of ether oxygens (including phenoxy) is 1. The van der Waals surface area contributed by atoms with Crippen molar-refractivity contribution >= 4 is 23.4 Å². The highest BCUT2D eigenvalue weighted by Crippen LogP contribution is 2.44. The van der Waals surface area contributed by atoms with Crippen molar-refractivity contribution in [3.05, 3.63) is 59.7 Å². The molecule has 1 saturated heterocycles. The second-order valence-electron chi connectivity index (χ2n) is 12.2. The van der Waals surface area contributed by atoms with E-state index in [0.717, 1.165) is 30.7 Å². The molecule has 41 heavy (non-hydrogen) atoms. The van der Waals surface area contributed by atoms with Crippen LogP contribution in [0.3, 0.4) is 0 Å². The number of benzene rings is 2. The monoisotopic (exact) mass is 561 g/mol. The Morgan fingerprint density at radius 3 is 2.59 bits per heavy atom. The highest BCUT2D eigenvalue weighted by atomic mass is 16.5. The summed E-state index contributed by atoms with van der Waals surface area (Å²) < 4.78 is 5.46. The summed E-state index contributed by atoms with van der Waals surface area (Å²) in [5, 5.41) is 17.6. The summed E-state index contributed by atoms with van der Waals surface area (Å²) in [5.41, 5.74) is 1.96. The van der Waals surface area contributed by atoms with Gasteiger partial charge in [-0.3, -0.25) is 14.4 Å². The Hall–Kier alpha value is -3.39. The zero-order chi connectivity index (χ0) is 28.9. The molecule has 220 valence electrons. The number of rotatable bonds is 11. The molecule has 0 radical (unpaired) electrons. The van der Waals surface area contributed by atoms with Crippen molar-refractivity contribution in [2.75, 3.05) is 18.6 Å². The highest BCUT2D eigenvalue weighted by Gasteiger charge is 2.40. The summed E-state index contributed by atoms with van der Waals surface area (Å²) in [7, 11) is 1.53. The Kier molecular flexibility index (Phi) is 9.28. The fourth-order valence-corrected chi connectivity index (χ4v) is 6.85. The molecule has 1 heterocycles. The number of amides is 3. The molecule has 8 heteroatoms. The van der Waals surface area contributed by atoms with Crippen LogP contribution in [-0.2, 0) is 16.0 Å². The van der Waals surface area contributed by atoms with Gasteiger partial charge in [0.05, 0.1) is 19.3 Å². The summed E-state index contributed by atoms with van der Waals surface area (Å²) in [4.78, 5) is 40.9. The second-order valence-corrected chi connectivity index (χ2v) is 12.2. The topological polar surface area (TPSA) is 108 Å². The van der Waals surface area contributed by atoms with Crippen LogP contribution in [0.2, 0.25) is 0 Å². The van der Waals surface area contributed by atoms with E-state index >= 15 is 0 Å². The Morgan fingerprint density at radius 2 is 1.90 bits per heavy atom. The van der Waals surface area contributed by atoms with Gasteiger partial charge in [-0.2, -0.15) is 0 Å². The van der Waals surface area contributed by atoms with E-state index in [-0.39, 0.29) is 30.2 Å². The van der Waals surface area contributed by atoms with Crippen molar-refractivity contribution in [1.82, 2.24) is 10.6 Å². The average molecular weight is 562 g/mol. The van der Waals surface area contributed by atoms with Crippen LogP contribution in [0.15, 0.2) is 48.5 Å². The van der Waals surface area contributed by atoms with Gasteiger partial charge in [0.15, 0.2) is 0 Å². The molecule has 0 spiro atoms. The number of methoxy groups -OCH3 is 1. The maximum atomic E-state index is 13.6.